The summed E-state index contributed by atoms with van der Waals surface area (Å²) in [6.07, 6.45) is 0. The molecule has 16 heavy (non-hydrogen) atoms. The molecule has 6 nitrogen and oxygen atoms in total. The maximum Gasteiger partial charge on any atom is 0.326 e. The number of urea groups is 1. The molecule has 0 aromatic carbocycles. The number of aliphatic carboxylic acids is 1. The van der Waals surface area contributed by atoms with Gasteiger partial charge in [0, 0.05) is 13.1 Å². The SMILES string of the molecule is CCN(CCO)C(=O)NC(C(=O)O)C(C)C. The molecule has 0 radical (unpaired) electrons. The van der Waals surface area contributed by atoms with Gasteiger partial charge in [-0.1, -0.05) is 13.8 Å². The molecule has 0 aromatic heterocycles. The number of hydrogen-bond donors (Lipinski definition) is 3. The minimum Gasteiger partial charge on any atom is -0.480 e. The van der Waals surface area contributed by atoms with Crippen LogP contribution in [0.3, 0.4) is 0 Å². The summed E-state index contributed by atoms with van der Waals surface area (Å²) >= 11 is 0. The van der Waals surface area contributed by atoms with Crippen LogP contribution in [0.2, 0.25) is 0 Å². The first kappa shape index (κ1) is 14.7. The first-order chi connectivity index (χ1) is 7.43. The second kappa shape index (κ2) is 7.05. The van der Waals surface area contributed by atoms with Crippen LogP contribution in [0.4, 0.5) is 4.79 Å². The monoisotopic (exact) mass is 232 g/mol. The van der Waals surface area contributed by atoms with Gasteiger partial charge in [0.2, 0.25) is 0 Å². The molecule has 0 saturated heterocycles. The lowest BCUT2D eigenvalue weighted by Gasteiger charge is -2.24. The number of likely N-dealkylation sites (N-methyl/N-ethyl adjacent to an activating group) is 1. The van der Waals surface area contributed by atoms with Crippen LogP contribution in [0.1, 0.15) is 20.8 Å². The summed E-state index contributed by atoms with van der Waals surface area (Å²) in [5, 5.41) is 20.1. The minimum absolute atomic E-state index is 0.138. The molecule has 94 valence electrons. The highest BCUT2D eigenvalue weighted by Crippen LogP contribution is 2.02. The van der Waals surface area contributed by atoms with Crippen LogP contribution in [-0.4, -0.2) is 52.9 Å². The van der Waals surface area contributed by atoms with Crippen molar-refractivity contribution < 1.29 is 19.8 Å². The Morgan fingerprint density at radius 3 is 2.25 bits per heavy atom. The van der Waals surface area contributed by atoms with Crippen molar-refractivity contribution in [1.82, 2.24) is 10.2 Å². The van der Waals surface area contributed by atoms with Crippen LogP contribution in [0.5, 0.6) is 0 Å². The van der Waals surface area contributed by atoms with E-state index in [1.807, 2.05) is 0 Å². The molecule has 0 fully saturated rings. The van der Waals surface area contributed by atoms with Crippen LogP contribution >= 0.6 is 0 Å². The fourth-order valence-corrected chi connectivity index (χ4v) is 1.26. The van der Waals surface area contributed by atoms with Gasteiger partial charge in [0.25, 0.3) is 0 Å². The third-order valence-corrected chi connectivity index (χ3v) is 2.25. The lowest BCUT2D eigenvalue weighted by molar-refractivity contribution is -0.140. The molecule has 6 heteroatoms. The van der Waals surface area contributed by atoms with E-state index in [2.05, 4.69) is 5.32 Å². The van der Waals surface area contributed by atoms with E-state index < -0.39 is 18.0 Å². The molecular formula is C10H20N2O4. The van der Waals surface area contributed by atoms with Gasteiger partial charge >= 0.3 is 12.0 Å². The van der Waals surface area contributed by atoms with Crippen molar-refractivity contribution in [3.05, 3.63) is 0 Å². The first-order valence-corrected chi connectivity index (χ1v) is 5.33. The van der Waals surface area contributed by atoms with Crippen molar-refractivity contribution in [1.29, 1.82) is 0 Å². The molecule has 0 rings (SSSR count). The van der Waals surface area contributed by atoms with E-state index >= 15 is 0 Å². The average Bonchev–Trinajstić information content (AvgIpc) is 2.21. The number of carbonyl (C=O) groups excluding carboxylic acids is 1. The molecule has 0 spiro atoms. The Hall–Kier alpha value is -1.30. The van der Waals surface area contributed by atoms with E-state index in [4.69, 9.17) is 10.2 Å². The summed E-state index contributed by atoms with van der Waals surface area (Å²) < 4.78 is 0. The van der Waals surface area contributed by atoms with Gasteiger partial charge < -0.3 is 20.4 Å². The Bertz CT molecular complexity index is 243. The average molecular weight is 232 g/mol. The molecule has 2 amide bonds. The van der Waals surface area contributed by atoms with Crippen molar-refractivity contribution in [2.24, 2.45) is 5.92 Å². The van der Waals surface area contributed by atoms with Gasteiger partial charge in [0.05, 0.1) is 6.61 Å². The fraction of sp³-hybridized carbons (Fsp3) is 0.800. The number of hydrogen-bond acceptors (Lipinski definition) is 3. The van der Waals surface area contributed by atoms with Gasteiger partial charge in [-0.05, 0) is 12.8 Å². The zero-order chi connectivity index (χ0) is 12.7. The molecule has 0 aliphatic rings. The first-order valence-electron chi connectivity index (χ1n) is 5.33. The number of aliphatic hydroxyl groups excluding tert-OH is 1. The molecule has 0 heterocycles. The highest BCUT2D eigenvalue weighted by atomic mass is 16.4. The number of carboxylic acid groups (broad SMARTS) is 1. The van der Waals surface area contributed by atoms with E-state index in [0.29, 0.717) is 6.54 Å². The summed E-state index contributed by atoms with van der Waals surface area (Å²) in [5.41, 5.74) is 0. The Morgan fingerprint density at radius 2 is 1.94 bits per heavy atom. The minimum atomic E-state index is -1.05. The molecule has 1 atom stereocenters. The topological polar surface area (TPSA) is 89.9 Å². The number of nitrogens with one attached hydrogen (secondary N) is 1. The Kier molecular flexibility index (Phi) is 6.48. The maximum atomic E-state index is 11.6. The van der Waals surface area contributed by atoms with Gasteiger partial charge in [-0.3, -0.25) is 0 Å². The Labute approximate surface area is 95.2 Å². The summed E-state index contributed by atoms with van der Waals surface area (Å²) in [5.74, 6) is -1.24. The van der Waals surface area contributed by atoms with Gasteiger partial charge in [-0.2, -0.15) is 0 Å². The van der Waals surface area contributed by atoms with Crippen molar-refractivity contribution in [3.8, 4) is 0 Å². The van der Waals surface area contributed by atoms with Gasteiger partial charge in [-0.25, -0.2) is 9.59 Å². The van der Waals surface area contributed by atoms with E-state index in [9.17, 15) is 9.59 Å². The lowest BCUT2D eigenvalue weighted by atomic mass is 10.1. The van der Waals surface area contributed by atoms with Crippen LogP contribution in [0.25, 0.3) is 0 Å². The molecule has 3 N–H and O–H groups in total. The van der Waals surface area contributed by atoms with E-state index in [-0.39, 0.29) is 19.1 Å². The summed E-state index contributed by atoms with van der Waals surface area (Å²) in [7, 11) is 0. The van der Waals surface area contributed by atoms with Crippen LogP contribution in [-0.2, 0) is 4.79 Å². The predicted octanol–water partition coefficient (Wildman–Crippen LogP) is 0.119. The standard InChI is InChI=1S/C10H20N2O4/c1-4-12(5-6-13)10(16)11-8(7(2)3)9(14)15/h7-8,13H,4-6H2,1-3H3,(H,11,16)(H,14,15). The number of carboxylic acids is 1. The predicted molar refractivity (Wildman–Crippen MR) is 59.1 cm³/mol. The molecule has 1 unspecified atom stereocenters. The number of nitrogens with zero attached hydrogens (tertiary/aromatic N) is 1. The van der Waals surface area contributed by atoms with Crippen molar-refractivity contribution in [3.63, 3.8) is 0 Å². The smallest absolute Gasteiger partial charge is 0.326 e. The zero-order valence-electron chi connectivity index (χ0n) is 9.93. The van der Waals surface area contributed by atoms with Crippen LogP contribution in [0, 0.1) is 5.92 Å². The van der Waals surface area contributed by atoms with Crippen molar-refractivity contribution >= 4 is 12.0 Å². The van der Waals surface area contributed by atoms with Crippen molar-refractivity contribution in [2.45, 2.75) is 26.8 Å². The third kappa shape index (κ3) is 4.48. The third-order valence-electron chi connectivity index (χ3n) is 2.25. The zero-order valence-corrected chi connectivity index (χ0v) is 9.93. The Morgan fingerprint density at radius 1 is 1.38 bits per heavy atom. The molecule has 0 aliphatic carbocycles. The maximum absolute atomic E-state index is 11.6. The van der Waals surface area contributed by atoms with E-state index in [1.165, 1.54) is 4.90 Å². The van der Waals surface area contributed by atoms with Gasteiger partial charge in [0.1, 0.15) is 6.04 Å². The second-order valence-electron chi connectivity index (χ2n) is 3.81. The van der Waals surface area contributed by atoms with Gasteiger partial charge in [0.15, 0.2) is 0 Å². The quantitative estimate of drug-likeness (QED) is 0.606. The normalized spacial score (nSPS) is 12.3. The number of rotatable bonds is 6. The molecule has 0 aromatic rings. The van der Waals surface area contributed by atoms with Gasteiger partial charge in [-0.15, -0.1) is 0 Å². The van der Waals surface area contributed by atoms with E-state index in [1.54, 1.807) is 20.8 Å². The summed E-state index contributed by atoms with van der Waals surface area (Å²) in [6.45, 7) is 5.70. The second-order valence-corrected chi connectivity index (χ2v) is 3.81. The summed E-state index contributed by atoms with van der Waals surface area (Å²) in [4.78, 5) is 23.8. The Balaban J connectivity index is 4.43. The van der Waals surface area contributed by atoms with Crippen LogP contribution in [0.15, 0.2) is 0 Å². The molecule has 0 aliphatic heterocycles. The molecule has 0 saturated carbocycles. The number of amides is 2. The highest BCUT2D eigenvalue weighted by molar-refractivity contribution is 5.82. The fourth-order valence-electron chi connectivity index (χ4n) is 1.26. The number of aliphatic hydroxyl groups is 1. The van der Waals surface area contributed by atoms with Crippen molar-refractivity contribution in [2.75, 3.05) is 19.7 Å². The number of carbonyl (C=O) groups is 2. The van der Waals surface area contributed by atoms with Crippen LogP contribution < -0.4 is 5.32 Å². The molecule has 0 bridgehead atoms. The van der Waals surface area contributed by atoms with E-state index in [0.717, 1.165) is 0 Å². The summed E-state index contributed by atoms with van der Waals surface area (Å²) in [6, 6.07) is -1.36. The molecular weight excluding hydrogens is 212 g/mol. The lowest BCUT2D eigenvalue weighted by Crippen LogP contribution is -2.50. The highest BCUT2D eigenvalue weighted by Gasteiger charge is 2.25. The largest absolute Gasteiger partial charge is 0.480 e.